The number of hydrogen-bond acceptors (Lipinski definition) is 5. The molecule has 1 saturated heterocycles. The van der Waals surface area contributed by atoms with Crippen LogP contribution >= 0.6 is 11.6 Å². The second-order valence-corrected chi connectivity index (χ2v) is 5.20. The number of pyridine rings is 1. The van der Waals surface area contributed by atoms with E-state index in [0.29, 0.717) is 10.7 Å². The maximum Gasteiger partial charge on any atom is 0.274 e. The fraction of sp³-hybridized carbons (Fsp3) is 0.286. The molecule has 1 aliphatic heterocycles. The van der Waals surface area contributed by atoms with Crippen LogP contribution in [0, 0.1) is 0 Å². The summed E-state index contributed by atoms with van der Waals surface area (Å²) in [7, 11) is 0. The number of anilines is 2. The third-order valence-corrected chi connectivity index (χ3v) is 3.53. The summed E-state index contributed by atoms with van der Waals surface area (Å²) in [6, 6.07) is 3.15. The van der Waals surface area contributed by atoms with Gasteiger partial charge in [0.25, 0.3) is 5.91 Å². The van der Waals surface area contributed by atoms with Crippen molar-refractivity contribution in [3.63, 3.8) is 0 Å². The Morgan fingerprint density at radius 3 is 2.86 bits per heavy atom. The zero-order chi connectivity index (χ0) is 14.7. The molecule has 0 radical (unpaired) electrons. The van der Waals surface area contributed by atoms with Gasteiger partial charge in [-0.05, 0) is 25.0 Å². The molecular formula is C14H14ClN5O. The predicted molar refractivity (Wildman–Crippen MR) is 80.7 cm³/mol. The molecule has 0 unspecified atom stereocenters. The van der Waals surface area contributed by atoms with Crippen molar-refractivity contribution in [2.45, 2.75) is 12.8 Å². The molecular weight excluding hydrogens is 290 g/mol. The van der Waals surface area contributed by atoms with E-state index in [0.717, 1.165) is 31.7 Å². The van der Waals surface area contributed by atoms with E-state index in [2.05, 4.69) is 25.2 Å². The van der Waals surface area contributed by atoms with Gasteiger partial charge in [0.15, 0.2) is 5.82 Å². The topological polar surface area (TPSA) is 71.0 Å². The van der Waals surface area contributed by atoms with Gasteiger partial charge in [-0.3, -0.25) is 9.78 Å². The van der Waals surface area contributed by atoms with Gasteiger partial charge >= 0.3 is 0 Å². The molecule has 2 aromatic heterocycles. The van der Waals surface area contributed by atoms with E-state index in [4.69, 9.17) is 11.6 Å². The average molecular weight is 304 g/mol. The third-order valence-electron chi connectivity index (χ3n) is 3.30. The zero-order valence-corrected chi connectivity index (χ0v) is 12.0. The Morgan fingerprint density at radius 1 is 1.29 bits per heavy atom. The van der Waals surface area contributed by atoms with E-state index in [1.165, 1.54) is 18.6 Å². The molecule has 108 valence electrons. The van der Waals surface area contributed by atoms with Gasteiger partial charge in [-0.25, -0.2) is 9.97 Å². The average Bonchev–Trinajstić information content (AvgIpc) is 3.02. The number of carbonyl (C=O) groups is 1. The summed E-state index contributed by atoms with van der Waals surface area (Å²) >= 11 is 5.87. The normalized spacial score (nSPS) is 14.2. The second kappa shape index (κ2) is 6.05. The van der Waals surface area contributed by atoms with Crippen molar-refractivity contribution >= 4 is 29.0 Å². The first kappa shape index (κ1) is 13.8. The maximum atomic E-state index is 12.2. The Bertz CT molecular complexity index is 657. The minimum atomic E-state index is -0.326. The van der Waals surface area contributed by atoms with E-state index in [-0.39, 0.29) is 11.6 Å². The first-order valence-corrected chi connectivity index (χ1v) is 7.10. The highest BCUT2D eigenvalue weighted by Crippen LogP contribution is 2.25. The zero-order valence-electron chi connectivity index (χ0n) is 11.3. The summed E-state index contributed by atoms with van der Waals surface area (Å²) in [5.74, 6) is 0.422. The largest absolute Gasteiger partial charge is 0.355 e. The van der Waals surface area contributed by atoms with E-state index in [1.54, 1.807) is 12.3 Å². The van der Waals surface area contributed by atoms with Gasteiger partial charge < -0.3 is 10.2 Å². The van der Waals surface area contributed by atoms with Crippen LogP contribution in [0.1, 0.15) is 23.3 Å². The number of rotatable bonds is 3. The Labute approximate surface area is 127 Å². The Balaban J connectivity index is 1.83. The molecule has 1 amide bonds. The SMILES string of the molecule is O=C(Nc1cncnc1N1CCCC1)c1cc(Cl)ccn1. The van der Waals surface area contributed by atoms with Gasteiger partial charge in [0, 0.05) is 24.3 Å². The minimum absolute atomic E-state index is 0.263. The Kier molecular flexibility index (Phi) is 3.96. The van der Waals surface area contributed by atoms with Crippen LogP contribution < -0.4 is 10.2 Å². The number of nitrogens with one attached hydrogen (secondary N) is 1. The maximum absolute atomic E-state index is 12.2. The lowest BCUT2D eigenvalue weighted by Crippen LogP contribution is -2.22. The van der Waals surface area contributed by atoms with Crippen molar-refractivity contribution in [1.82, 2.24) is 15.0 Å². The second-order valence-electron chi connectivity index (χ2n) is 4.77. The highest BCUT2D eigenvalue weighted by Gasteiger charge is 2.19. The molecule has 1 N–H and O–H groups in total. The van der Waals surface area contributed by atoms with E-state index < -0.39 is 0 Å². The molecule has 21 heavy (non-hydrogen) atoms. The number of halogens is 1. The van der Waals surface area contributed by atoms with Crippen LogP contribution in [0.5, 0.6) is 0 Å². The van der Waals surface area contributed by atoms with Crippen molar-refractivity contribution in [3.05, 3.63) is 41.6 Å². The van der Waals surface area contributed by atoms with Gasteiger partial charge in [0.05, 0.1) is 6.20 Å². The molecule has 0 bridgehead atoms. The predicted octanol–water partition coefficient (Wildman–Crippen LogP) is 2.38. The Hall–Kier alpha value is -2.21. The summed E-state index contributed by atoms with van der Waals surface area (Å²) in [5, 5.41) is 3.28. The van der Waals surface area contributed by atoms with E-state index >= 15 is 0 Å². The highest BCUT2D eigenvalue weighted by molar-refractivity contribution is 6.31. The van der Waals surface area contributed by atoms with Crippen LogP contribution in [0.4, 0.5) is 11.5 Å². The molecule has 0 atom stereocenters. The van der Waals surface area contributed by atoms with Crippen molar-refractivity contribution < 1.29 is 4.79 Å². The van der Waals surface area contributed by atoms with Crippen LogP contribution in [0.15, 0.2) is 30.9 Å². The Morgan fingerprint density at radius 2 is 2.10 bits per heavy atom. The van der Waals surface area contributed by atoms with Crippen LogP contribution in [-0.4, -0.2) is 33.9 Å². The first-order chi connectivity index (χ1) is 10.2. The minimum Gasteiger partial charge on any atom is -0.355 e. The first-order valence-electron chi connectivity index (χ1n) is 6.72. The monoisotopic (exact) mass is 303 g/mol. The number of hydrogen-bond donors (Lipinski definition) is 1. The number of aromatic nitrogens is 3. The molecule has 1 aliphatic rings. The van der Waals surface area contributed by atoms with Gasteiger partial charge in [-0.2, -0.15) is 0 Å². The smallest absolute Gasteiger partial charge is 0.274 e. The summed E-state index contributed by atoms with van der Waals surface area (Å²) in [6.07, 6.45) is 6.85. The lowest BCUT2D eigenvalue weighted by Gasteiger charge is -2.19. The van der Waals surface area contributed by atoms with Crippen molar-refractivity contribution in [2.24, 2.45) is 0 Å². The van der Waals surface area contributed by atoms with Crippen LogP contribution in [0.3, 0.4) is 0 Å². The standard InChI is InChI=1S/C14H14ClN5O/c15-10-3-4-17-11(7-10)14(21)19-12-8-16-9-18-13(12)20-5-1-2-6-20/h3-4,7-9H,1-2,5-6H2,(H,19,21). The molecule has 0 aliphatic carbocycles. The molecule has 7 heteroatoms. The molecule has 1 fully saturated rings. The lowest BCUT2D eigenvalue weighted by molar-refractivity contribution is 0.102. The van der Waals surface area contributed by atoms with Gasteiger partial charge in [-0.1, -0.05) is 11.6 Å². The highest BCUT2D eigenvalue weighted by atomic mass is 35.5. The molecule has 3 rings (SSSR count). The number of amides is 1. The summed E-state index contributed by atoms with van der Waals surface area (Å²) < 4.78 is 0. The summed E-state index contributed by atoms with van der Waals surface area (Å²) in [5.41, 5.74) is 0.852. The van der Waals surface area contributed by atoms with E-state index in [1.807, 2.05) is 0 Å². The molecule has 2 aromatic rings. The van der Waals surface area contributed by atoms with Gasteiger partial charge in [0.2, 0.25) is 0 Å². The fourth-order valence-electron chi connectivity index (χ4n) is 2.31. The van der Waals surface area contributed by atoms with Gasteiger partial charge in [-0.15, -0.1) is 0 Å². The fourth-order valence-corrected chi connectivity index (χ4v) is 2.47. The van der Waals surface area contributed by atoms with Crippen molar-refractivity contribution in [2.75, 3.05) is 23.3 Å². The third kappa shape index (κ3) is 3.11. The van der Waals surface area contributed by atoms with Crippen molar-refractivity contribution in [3.8, 4) is 0 Å². The quantitative estimate of drug-likeness (QED) is 0.942. The summed E-state index contributed by atoms with van der Waals surface area (Å²) in [4.78, 5) is 26.6. The summed E-state index contributed by atoms with van der Waals surface area (Å²) in [6.45, 7) is 1.88. The molecule has 6 nitrogen and oxygen atoms in total. The molecule has 0 spiro atoms. The van der Waals surface area contributed by atoms with Crippen molar-refractivity contribution in [1.29, 1.82) is 0 Å². The van der Waals surface area contributed by atoms with Crippen LogP contribution in [0.25, 0.3) is 0 Å². The number of nitrogens with zero attached hydrogens (tertiary/aromatic N) is 4. The van der Waals surface area contributed by atoms with E-state index in [9.17, 15) is 4.79 Å². The molecule has 3 heterocycles. The molecule has 0 aromatic carbocycles. The van der Waals surface area contributed by atoms with Crippen LogP contribution in [-0.2, 0) is 0 Å². The lowest BCUT2D eigenvalue weighted by atomic mass is 10.3. The van der Waals surface area contributed by atoms with Crippen LogP contribution in [0.2, 0.25) is 5.02 Å². The molecule has 0 saturated carbocycles. The van der Waals surface area contributed by atoms with Gasteiger partial charge in [0.1, 0.15) is 17.7 Å². The number of carbonyl (C=O) groups excluding carboxylic acids is 1.